The summed E-state index contributed by atoms with van der Waals surface area (Å²) in [6.45, 7) is 9.91. The molecular formula is C28H32F2N8. The number of aryl methyl sites for hydroxylation is 1. The molecule has 0 spiro atoms. The van der Waals surface area contributed by atoms with E-state index in [-0.39, 0.29) is 23.2 Å². The van der Waals surface area contributed by atoms with E-state index >= 15 is 4.39 Å². The third-order valence-electron chi connectivity index (χ3n) is 7.65. The Kier molecular flexibility index (Phi) is 6.53. The number of nitrogens with one attached hydrogen (secondary N) is 2. The molecule has 38 heavy (non-hydrogen) atoms. The molecule has 1 fully saturated rings. The van der Waals surface area contributed by atoms with Crippen molar-refractivity contribution in [3.63, 3.8) is 0 Å². The first-order chi connectivity index (χ1) is 18.4. The van der Waals surface area contributed by atoms with Gasteiger partial charge in [0.1, 0.15) is 22.9 Å². The maximum atomic E-state index is 15.0. The number of hydrogen-bond acceptors (Lipinski definition) is 7. The number of pyridine rings is 1. The molecule has 5 heterocycles. The number of nitrogens with zero attached hydrogens (tertiary/aromatic N) is 6. The van der Waals surface area contributed by atoms with Crippen molar-refractivity contribution >= 4 is 22.8 Å². The minimum atomic E-state index is -0.627. The number of benzene rings is 1. The number of imidazole rings is 1. The highest BCUT2D eigenvalue weighted by Crippen LogP contribution is 2.31. The van der Waals surface area contributed by atoms with Gasteiger partial charge in [0.2, 0.25) is 5.95 Å². The second-order valence-corrected chi connectivity index (χ2v) is 10.5. The van der Waals surface area contributed by atoms with Gasteiger partial charge in [0, 0.05) is 36.9 Å². The van der Waals surface area contributed by atoms with Crippen molar-refractivity contribution in [3.05, 3.63) is 59.2 Å². The number of aromatic nitrogens is 5. The lowest BCUT2D eigenvalue weighted by atomic mass is 9.97. The lowest BCUT2D eigenvalue weighted by molar-refractivity contribution is 0.147. The summed E-state index contributed by atoms with van der Waals surface area (Å²) >= 11 is 0. The molecule has 0 unspecified atom stereocenters. The summed E-state index contributed by atoms with van der Waals surface area (Å²) in [6.07, 6.45) is 6.32. The summed E-state index contributed by atoms with van der Waals surface area (Å²) in [5, 5.41) is 6.57. The smallest absolute Gasteiger partial charge is 0.229 e. The molecule has 6 rings (SSSR count). The van der Waals surface area contributed by atoms with Gasteiger partial charge in [-0.15, -0.1) is 0 Å². The summed E-state index contributed by atoms with van der Waals surface area (Å²) in [5.41, 5.74) is 3.71. The average Bonchev–Trinajstić information content (AvgIpc) is 3.26. The molecule has 1 aromatic carbocycles. The molecule has 2 aliphatic heterocycles. The molecule has 2 aliphatic rings. The number of piperidine rings is 1. The first kappa shape index (κ1) is 24.8. The van der Waals surface area contributed by atoms with Gasteiger partial charge in [0.05, 0.1) is 11.7 Å². The Labute approximate surface area is 220 Å². The van der Waals surface area contributed by atoms with E-state index in [1.165, 1.54) is 30.0 Å². The van der Waals surface area contributed by atoms with Gasteiger partial charge in [-0.1, -0.05) is 0 Å². The van der Waals surface area contributed by atoms with E-state index in [0.29, 0.717) is 28.8 Å². The van der Waals surface area contributed by atoms with Crippen molar-refractivity contribution in [2.75, 3.05) is 25.0 Å². The van der Waals surface area contributed by atoms with E-state index < -0.39 is 11.6 Å². The monoisotopic (exact) mass is 518 g/mol. The van der Waals surface area contributed by atoms with Crippen LogP contribution < -0.4 is 10.6 Å². The van der Waals surface area contributed by atoms with Crippen LogP contribution in [0.15, 0.2) is 30.6 Å². The third-order valence-corrected chi connectivity index (χ3v) is 7.65. The Hall–Kier alpha value is -3.50. The maximum Gasteiger partial charge on any atom is 0.229 e. The average molecular weight is 519 g/mol. The second-order valence-electron chi connectivity index (χ2n) is 10.5. The standard InChI is InChI=1S/C28H32F2N8/c1-16(2)38-17(3)34-27-22(29)10-19(11-24(27)38)26-23(30)14-33-28(36-26)35-25-12-20-15-37(9-6-18(20)13-32-25)21-4-7-31-8-5-21/h10-14,16,21,31H,4-9,15H2,1-3H3,(H,32,33,35,36). The molecule has 10 heteroatoms. The van der Waals surface area contributed by atoms with Crippen LogP contribution in [0.5, 0.6) is 0 Å². The van der Waals surface area contributed by atoms with Gasteiger partial charge in [-0.25, -0.2) is 28.7 Å². The highest BCUT2D eigenvalue weighted by atomic mass is 19.1. The molecule has 198 valence electrons. The highest BCUT2D eigenvalue weighted by molar-refractivity contribution is 5.83. The molecule has 4 aromatic rings. The van der Waals surface area contributed by atoms with Crippen LogP contribution >= 0.6 is 0 Å². The predicted octanol–water partition coefficient (Wildman–Crippen LogP) is 4.91. The molecule has 0 saturated carbocycles. The largest absolute Gasteiger partial charge is 0.326 e. The number of fused-ring (bicyclic) bond motifs is 2. The highest BCUT2D eigenvalue weighted by Gasteiger charge is 2.25. The van der Waals surface area contributed by atoms with Crippen LogP contribution in [-0.2, 0) is 13.0 Å². The summed E-state index contributed by atoms with van der Waals surface area (Å²) in [7, 11) is 0. The molecule has 0 radical (unpaired) electrons. The van der Waals surface area contributed by atoms with Gasteiger partial charge >= 0.3 is 0 Å². The quantitative estimate of drug-likeness (QED) is 0.388. The van der Waals surface area contributed by atoms with Gasteiger partial charge < -0.3 is 15.2 Å². The van der Waals surface area contributed by atoms with Crippen LogP contribution in [0, 0.1) is 18.6 Å². The first-order valence-electron chi connectivity index (χ1n) is 13.3. The zero-order valence-electron chi connectivity index (χ0n) is 21.9. The van der Waals surface area contributed by atoms with E-state index in [1.807, 2.05) is 37.6 Å². The van der Waals surface area contributed by atoms with Crippen molar-refractivity contribution in [1.82, 2.24) is 34.7 Å². The Morgan fingerprint density at radius 3 is 2.61 bits per heavy atom. The molecule has 0 amide bonds. The fourth-order valence-corrected chi connectivity index (χ4v) is 5.81. The van der Waals surface area contributed by atoms with Crippen molar-refractivity contribution in [2.24, 2.45) is 0 Å². The predicted molar refractivity (Wildman–Crippen MR) is 143 cm³/mol. The van der Waals surface area contributed by atoms with Gasteiger partial charge in [0.25, 0.3) is 0 Å². The van der Waals surface area contributed by atoms with E-state index in [2.05, 4.69) is 35.5 Å². The molecule has 0 bridgehead atoms. The van der Waals surface area contributed by atoms with Crippen molar-refractivity contribution in [2.45, 2.75) is 58.7 Å². The van der Waals surface area contributed by atoms with Crippen molar-refractivity contribution in [3.8, 4) is 11.3 Å². The Morgan fingerprint density at radius 1 is 1.00 bits per heavy atom. The third kappa shape index (κ3) is 4.63. The number of hydrogen-bond donors (Lipinski definition) is 2. The molecule has 2 N–H and O–H groups in total. The van der Waals surface area contributed by atoms with E-state index in [0.717, 1.165) is 38.8 Å². The Morgan fingerprint density at radius 2 is 1.82 bits per heavy atom. The van der Waals surface area contributed by atoms with Crippen LogP contribution in [0.25, 0.3) is 22.3 Å². The number of anilines is 2. The molecule has 0 aliphatic carbocycles. The zero-order valence-corrected chi connectivity index (χ0v) is 21.9. The molecule has 0 atom stereocenters. The van der Waals surface area contributed by atoms with Crippen LogP contribution in [0.4, 0.5) is 20.5 Å². The van der Waals surface area contributed by atoms with Gasteiger partial charge in [0.15, 0.2) is 11.6 Å². The molecular weight excluding hydrogens is 486 g/mol. The second kappa shape index (κ2) is 9.99. The first-order valence-corrected chi connectivity index (χ1v) is 13.3. The minimum Gasteiger partial charge on any atom is -0.326 e. The van der Waals surface area contributed by atoms with Gasteiger partial charge in [-0.3, -0.25) is 4.90 Å². The molecule has 3 aromatic heterocycles. The fraction of sp³-hybridized carbons (Fsp3) is 0.429. The summed E-state index contributed by atoms with van der Waals surface area (Å²) in [6, 6.07) is 5.72. The Balaban J connectivity index is 1.28. The van der Waals surface area contributed by atoms with Gasteiger partial charge in [-0.05, 0) is 82.4 Å². The number of halogens is 2. The lowest BCUT2D eigenvalue weighted by Gasteiger charge is -2.37. The van der Waals surface area contributed by atoms with Gasteiger partial charge in [-0.2, -0.15) is 0 Å². The lowest BCUT2D eigenvalue weighted by Crippen LogP contribution is -2.45. The Bertz CT molecular complexity index is 1490. The van der Waals surface area contributed by atoms with Crippen LogP contribution in [0.3, 0.4) is 0 Å². The zero-order chi connectivity index (χ0) is 26.4. The van der Waals surface area contributed by atoms with Crippen LogP contribution in [0.1, 0.15) is 49.7 Å². The van der Waals surface area contributed by atoms with Crippen molar-refractivity contribution in [1.29, 1.82) is 0 Å². The minimum absolute atomic E-state index is 0.0208. The summed E-state index contributed by atoms with van der Waals surface area (Å²) < 4.78 is 31.9. The maximum absolute atomic E-state index is 15.0. The number of rotatable bonds is 5. The van der Waals surface area contributed by atoms with E-state index in [9.17, 15) is 4.39 Å². The van der Waals surface area contributed by atoms with E-state index in [1.54, 1.807) is 6.07 Å². The summed E-state index contributed by atoms with van der Waals surface area (Å²) in [5.74, 6) is 0.367. The molecule has 8 nitrogen and oxygen atoms in total. The van der Waals surface area contributed by atoms with Crippen LogP contribution in [-0.4, -0.2) is 55.1 Å². The van der Waals surface area contributed by atoms with Crippen molar-refractivity contribution < 1.29 is 8.78 Å². The SMILES string of the molecule is Cc1nc2c(F)cc(-c3nc(Nc4cc5c(cn4)CCN(C4CCNCC4)C5)ncc3F)cc2n1C(C)C. The molecule has 1 saturated heterocycles. The fourth-order valence-electron chi connectivity index (χ4n) is 5.81. The summed E-state index contributed by atoms with van der Waals surface area (Å²) in [4.78, 5) is 20.0. The topological polar surface area (TPSA) is 83.8 Å². The normalized spacial score (nSPS) is 16.8. The van der Waals surface area contributed by atoms with Crippen LogP contribution in [0.2, 0.25) is 0 Å². The van der Waals surface area contributed by atoms with E-state index in [4.69, 9.17) is 0 Å².